The summed E-state index contributed by atoms with van der Waals surface area (Å²) < 4.78 is 13.4. The average molecular weight is 316 g/mol. The SMILES string of the molecule is C=C(Br)C[C@H](NC(=O)c1cccc(F)c1)C(=O)O. The first-order valence-electron chi connectivity index (χ1n) is 5.02. The Morgan fingerprint density at radius 3 is 2.67 bits per heavy atom. The van der Waals surface area contributed by atoms with E-state index in [0.717, 1.165) is 6.07 Å². The van der Waals surface area contributed by atoms with E-state index >= 15 is 0 Å². The number of carbonyl (C=O) groups is 2. The van der Waals surface area contributed by atoms with Crippen LogP contribution in [0.5, 0.6) is 0 Å². The molecule has 0 saturated heterocycles. The Morgan fingerprint density at radius 1 is 1.50 bits per heavy atom. The number of benzene rings is 1. The number of aliphatic carboxylic acids is 1. The smallest absolute Gasteiger partial charge is 0.326 e. The lowest BCUT2D eigenvalue weighted by molar-refractivity contribution is -0.139. The summed E-state index contributed by atoms with van der Waals surface area (Å²) in [6.45, 7) is 3.51. The molecular formula is C12H11BrFNO3. The fourth-order valence-electron chi connectivity index (χ4n) is 1.29. The van der Waals surface area contributed by atoms with E-state index in [-0.39, 0.29) is 12.0 Å². The Morgan fingerprint density at radius 2 is 2.17 bits per heavy atom. The van der Waals surface area contributed by atoms with E-state index in [9.17, 15) is 14.0 Å². The molecule has 0 heterocycles. The second-order valence-electron chi connectivity index (χ2n) is 3.60. The summed E-state index contributed by atoms with van der Waals surface area (Å²) in [5.41, 5.74) is 0.0708. The molecule has 0 aliphatic carbocycles. The maximum atomic E-state index is 12.9. The molecule has 2 N–H and O–H groups in total. The van der Waals surface area contributed by atoms with Crippen molar-refractivity contribution < 1.29 is 19.1 Å². The quantitative estimate of drug-likeness (QED) is 0.876. The molecule has 1 atom stereocenters. The topological polar surface area (TPSA) is 66.4 Å². The number of carbonyl (C=O) groups excluding carboxylic acids is 1. The highest BCUT2D eigenvalue weighted by molar-refractivity contribution is 9.11. The summed E-state index contributed by atoms with van der Waals surface area (Å²) in [4.78, 5) is 22.6. The highest BCUT2D eigenvalue weighted by atomic mass is 79.9. The molecule has 0 aliphatic rings. The van der Waals surface area contributed by atoms with Crippen LogP contribution in [0.2, 0.25) is 0 Å². The minimum atomic E-state index is -1.18. The lowest BCUT2D eigenvalue weighted by Gasteiger charge is -2.13. The Kier molecular flexibility index (Phi) is 5.03. The monoisotopic (exact) mass is 315 g/mol. The van der Waals surface area contributed by atoms with Gasteiger partial charge in [-0.3, -0.25) is 4.79 Å². The lowest BCUT2D eigenvalue weighted by atomic mass is 10.1. The van der Waals surface area contributed by atoms with Crippen LogP contribution in [0.1, 0.15) is 16.8 Å². The zero-order chi connectivity index (χ0) is 13.7. The number of rotatable bonds is 5. The number of carboxylic acid groups (broad SMARTS) is 1. The number of hydrogen-bond acceptors (Lipinski definition) is 2. The minimum absolute atomic E-state index is 0.0520. The molecule has 96 valence electrons. The van der Waals surface area contributed by atoms with Crippen LogP contribution >= 0.6 is 15.9 Å². The fourth-order valence-corrected chi connectivity index (χ4v) is 1.62. The molecule has 0 aliphatic heterocycles. The third kappa shape index (κ3) is 4.29. The Balaban J connectivity index is 2.78. The van der Waals surface area contributed by atoms with Crippen molar-refractivity contribution in [3.8, 4) is 0 Å². The van der Waals surface area contributed by atoms with Gasteiger partial charge in [0.05, 0.1) is 0 Å². The van der Waals surface area contributed by atoms with Gasteiger partial charge in [0, 0.05) is 12.0 Å². The van der Waals surface area contributed by atoms with E-state index in [1.807, 2.05) is 0 Å². The number of halogens is 2. The molecule has 1 rings (SSSR count). The second-order valence-corrected chi connectivity index (χ2v) is 4.72. The molecule has 0 radical (unpaired) electrons. The van der Waals surface area contributed by atoms with E-state index in [1.165, 1.54) is 18.2 Å². The van der Waals surface area contributed by atoms with E-state index in [1.54, 1.807) is 0 Å². The Bertz CT molecular complexity index is 490. The van der Waals surface area contributed by atoms with Crippen LogP contribution in [0, 0.1) is 5.82 Å². The molecular weight excluding hydrogens is 305 g/mol. The van der Waals surface area contributed by atoms with Gasteiger partial charge in [0.2, 0.25) is 0 Å². The third-order valence-corrected chi connectivity index (χ3v) is 2.44. The van der Waals surface area contributed by atoms with Crippen LogP contribution < -0.4 is 5.32 Å². The maximum Gasteiger partial charge on any atom is 0.326 e. The molecule has 0 saturated carbocycles. The van der Waals surface area contributed by atoms with Gasteiger partial charge in [-0.15, -0.1) is 0 Å². The zero-order valence-electron chi connectivity index (χ0n) is 9.32. The largest absolute Gasteiger partial charge is 0.480 e. The summed E-state index contributed by atoms with van der Waals surface area (Å²) >= 11 is 3.03. The van der Waals surface area contributed by atoms with Crippen LogP contribution in [-0.4, -0.2) is 23.0 Å². The van der Waals surface area contributed by atoms with Crippen LogP contribution in [0.15, 0.2) is 35.3 Å². The van der Waals surface area contributed by atoms with Gasteiger partial charge in [0.15, 0.2) is 0 Å². The fraction of sp³-hybridized carbons (Fsp3) is 0.167. The number of nitrogens with one attached hydrogen (secondary N) is 1. The van der Waals surface area contributed by atoms with Crippen molar-refractivity contribution in [2.45, 2.75) is 12.5 Å². The predicted octanol–water partition coefficient (Wildman–Crippen LogP) is 2.31. The standard InChI is InChI=1S/C12H11BrFNO3/c1-7(13)5-10(12(17)18)15-11(16)8-3-2-4-9(14)6-8/h2-4,6,10H,1,5H2,(H,15,16)(H,17,18)/t10-/m0/s1. The molecule has 0 fully saturated rings. The first-order valence-corrected chi connectivity index (χ1v) is 5.82. The number of amides is 1. The van der Waals surface area contributed by atoms with Crippen LogP contribution in [0.4, 0.5) is 4.39 Å². The second kappa shape index (κ2) is 6.30. The summed E-state index contributed by atoms with van der Waals surface area (Å²) in [5, 5.41) is 11.2. The third-order valence-electron chi connectivity index (χ3n) is 2.12. The van der Waals surface area contributed by atoms with Gasteiger partial charge < -0.3 is 10.4 Å². The van der Waals surface area contributed by atoms with Crippen molar-refractivity contribution >= 4 is 27.8 Å². The zero-order valence-corrected chi connectivity index (χ0v) is 10.9. The molecule has 6 heteroatoms. The summed E-state index contributed by atoms with van der Waals surface area (Å²) in [6, 6.07) is 3.92. The number of carboxylic acids is 1. The van der Waals surface area contributed by atoms with Crippen molar-refractivity contribution in [3.05, 3.63) is 46.7 Å². The van der Waals surface area contributed by atoms with Crippen molar-refractivity contribution in [2.24, 2.45) is 0 Å². The van der Waals surface area contributed by atoms with E-state index in [2.05, 4.69) is 27.8 Å². The van der Waals surface area contributed by atoms with Crippen LogP contribution in [-0.2, 0) is 4.79 Å². The molecule has 1 aromatic rings. The van der Waals surface area contributed by atoms with Crippen molar-refractivity contribution in [1.82, 2.24) is 5.32 Å². The summed E-state index contributed by atoms with van der Waals surface area (Å²) in [6.07, 6.45) is 0.0520. The van der Waals surface area contributed by atoms with Gasteiger partial charge in [0.1, 0.15) is 11.9 Å². The molecule has 0 bridgehead atoms. The van der Waals surface area contributed by atoms with Crippen molar-refractivity contribution in [3.63, 3.8) is 0 Å². The van der Waals surface area contributed by atoms with Gasteiger partial charge in [-0.25, -0.2) is 9.18 Å². The van der Waals surface area contributed by atoms with E-state index in [4.69, 9.17) is 5.11 Å². The highest BCUT2D eigenvalue weighted by Crippen LogP contribution is 2.11. The summed E-state index contributed by atoms with van der Waals surface area (Å²) in [5.74, 6) is -2.38. The minimum Gasteiger partial charge on any atom is -0.480 e. The Labute approximate surface area is 112 Å². The van der Waals surface area contributed by atoms with E-state index in [0.29, 0.717) is 4.48 Å². The van der Waals surface area contributed by atoms with Gasteiger partial charge in [-0.2, -0.15) is 0 Å². The Hall–Kier alpha value is -1.69. The molecule has 18 heavy (non-hydrogen) atoms. The predicted molar refractivity (Wildman–Crippen MR) is 68.0 cm³/mol. The molecule has 1 amide bonds. The van der Waals surface area contributed by atoms with Crippen LogP contribution in [0.3, 0.4) is 0 Å². The normalized spacial score (nSPS) is 11.7. The van der Waals surface area contributed by atoms with E-state index < -0.39 is 23.7 Å². The molecule has 0 aromatic heterocycles. The molecule has 4 nitrogen and oxygen atoms in total. The van der Waals surface area contributed by atoms with Crippen molar-refractivity contribution in [2.75, 3.05) is 0 Å². The lowest BCUT2D eigenvalue weighted by Crippen LogP contribution is -2.40. The molecule has 1 aromatic carbocycles. The average Bonchev–Trinajstić information content (AvgIpc) is 2.27. The first kappa shape index (κ1) is 14.4. The summed E-state index contributed by atoms with van der Waals surface area (Å²) in [7, 11) is 0. The van der Waals surface area contributed by atoms with Gasteiger partial charge >= 0.3 is 5.97 Å². The van der Waals surface area contributed by atoms with Gasteiger partial charge in [0.25, 0.3) is 5.91 Å². The van der Waals surface area contributed by atoms with Gasteiger partial charge in [-0.05, 0) is 22.7 Å². The molecule has 0 unspecified atom stereocenters. The van der Waals surface area contributed by atoms with Gasteiger partial charge in [-0.1, -0.05) is 28.6 Å². The first-order chi connectivity index (χ1) is 8.40. The van der Waals surface area contributed by atoms with Crippen molar-refractivity contribution in [1.29, 1.82) is 0 Å². The highest BCUT2D eigenvalue weighted by Gasteiger charge is 2.21. The maximum absolute atomic E-state index is 12.9. The molecule has 0 spiro atoms. The number of hydrogen-bond donors (Lipinski definition) is 2. The van der Waals surface area contributed by atoms with Crippen LogP contribution in [0.25, 0.3) is 0 Å².